The number of hydrogen-bond donors (Lipinski definition) is 1. The minimum Gasteiger partial charge on any atom is -0.508 e. The number of aromatic nitrogens is 1. The SMILES string of the molecule is CCOC(=O)Cn1c2c(c3cc(O)ccc31)CCCCCC2. The van der Waals surface area contributed by atoms with E-state index in [-0.39, 0.29) is 18.3 Å². The number of phenolic OH excluding ortho intramolecular Hbond substituents is 1. The van der Waals surface area contributed by atoms with Gasteiger partial charge in [-0.2, -0.15) is 0 Å². The van der Waals surface area contributed by atoms with Crippen LogP contribution >= 0.6 is 0 Å². The molecule has 4 heteroatoms. The van der Waals surface area contributed by atoms with Gasteiger partial charge in [0.15, 0.2) is 0 Å². The van der Waals surface area contributed by atoms with Gasteiger partial charge in [-0.15, -0.1) is 0 Å². The number of ether oxygens (including phenoxy) is 1. The molecule has 0 fully saturated rings. The number of rotatable bonds is 3. The topological polar surface area (TPSA) is 51.5 Å². The van der Waals surface area contributed by atoms with Crippen molar-refractivity contribution in [3.63, 3.8) is 0 Å². The molecule has 0 saturated heterocycles. The lowest BCUT2D eigenvalue weighted by molar-refractivity contribution is -0.143. The largest absolute Gasteiger partial charge is 0.508 e. The van der Waals surface area contributed by atoms with Crippen molar-refractivity contribution in [1.29, 1.82) is 0 Å². The number of benzene rings is 1. The molecule has 0 aliphatic heterocycles. The first-order valence-electron chi connectivity index (χ1n) is 8.19. The highest BCUT2D eigenvalue weighted by Gasteiger charge is 2.20. The summed E-state index contributed by atoms with van der Waals surface area (Å²) in [6.07, 6.45) is 6.82. The molecule has 118 valence electrons. The average molecular weight is 301 g/mol. The van der Waals surface area contributed by atoms with Gasteiger partial charge in [-0.1, -0.05) is 12.8 Å². The van der Waals surface area contributed by atoms with Crippen molar-refractivity contribution in [3.8, 4) is 5.75 Å². The third-order valence-corrected chi connectivity index (χ3v) is 4.45. The van der Waals surface area contributed by atoms with E-state index in [2.05, 4.69) is 4.57 Å². The Bertz CT molecular complexity index is 687. The number of hydrogen-bond acceptors (Lipinski definition) is 3. The van der Waals surface area contributed by atoms with E-state index >= 15 is 0 Å². The molecule has 0 unspecified atom stereocenters. The van der Waals surface area contributed by atoms with E-state index in [1.165, 1.54) is 30.5 Å². The van der Waals surface area contributed by atoms with Crippen molar-refractivity contribution in [3.05, 3.63) is 29.5 Å². The quantitative estimate of drug-likeness (QED) is 0.882. The molecule has 0 bridgehead atoms. The smallest absolute Gasteiger partial charge is 0.325 e. The molecular formula is C18H23NO3. The number of phenols is 1. The minimum atomic E-state index is -0.197. The second-order valence-corrected chi connectivity index (χ2v) is 5.93. The predicted octanol–water partition coefficient (Wildman–Crippen LogP) is 3.57. The average Bonchev–Trinajstić information content (AvgIpc) is 2.71. The lowest BCUT2D eigenvalue weighted by Gasteiger charge is -2.14. The predicted molar refractivity (Wildman–Crippen MR) is 86.1 cm³/mol. The maximum atomic E-state index is 12.0. The standard InChI is InChI=1S/C18H23NO3/c1-2-22-18(21)12-19-16-8-6-4-3-5-7-14(16)15-11-13(20)9-10-17(15)19/h9-11,20H,2-8,12H2,1H3. The Morgan fingerprint density at radius 1 is 1.23 bits per heavy atom. The lowest BCUT2D eigenvalue weighted by atomic mass is 9.96. The molecule has 0 atom stereocenters. The molecule has 0 radical (unpaired) electrons. The second kappa shape index (κ2) is 6.42. The number of aryl methyl sites for hydroxylation is 1. The first-order chi connectivity index (χ1) is 10.7. The van der Waals surface area contributed by atoms with Gasteiger partial charge in [0.25, 0.3) is 0 Å². The van der Waals surface area contributed by atoms with Crippen LogP contribution in [0.15, 0.2) is 18.2 Å². The molecule has 1 aromatic carbocycles. The summed E-state index contributed by atoms with van der Waals surface area (Å²) >= 11 is 0. The van der Waals surface area contributed by atoms with Crippen LogP contribution in [-0.2, 0) is 28.9 Å². The summed E-state index contributed by atoms with van der Waals surface area (Å²) in [6.45, 7) is 2.49. The molecule has 0 saturated carbocycles. The van der Waals surface area contributed by atoms with Crippen LogP contribution in [0.3, 0.4) is 0 Å². The van der Waals surface area contributed by atoms with Crippen molar-refractivity contribution in [1.82, 2.24) is 4.57 Å². The fourth-order valence-electron chi connectivity index (χ4n) is 3.49. The normalized spacial score (nSPS) is 15.1. The van der Waals surface area contributed by atoms with E-state index in [4.69, 9.17) is 4.74 Å². The van der Waals surface area contributed by atoms with E-state index in [0.717, 1.165) is 30.2 Å². The number of carbonyl (C=O) groups is 1. The van der Waals surface area contributed by atoms with E-state index in [0.29, 0.717) is 6.61 Å². The minimum absolute atomic E-state index is 0.197. The summed E-state index contributed by atoms with van der Waals surface area (Å²) in [4.78, 5) is 12.0. The van der Waals surface area contributed by atoms with Crippen LogP contribution in [0, 0.1) is 0 Å². The van der Waals surface area contributed by atoms with Crippen LogP contribution in [0.5, 0.6) is 5.75 Å². The van der Waals surface area contributed by atoms with E-state index in [9.17, 15) is 9.90 Å². The van der Waals surface area contributed by atoms with Crippen LogP contribution < -0.4 is 0 Å². The Morgan fingerprint density at radius 2 is 2.00 bits per heavy atom. The Hall–Kier alpha value is -1.97. The molecule has 1 aliphatic carbocycles. The number of nitrogens with zero attached hydrogens (tertiary/aromatic N) is 1. The number of fused-ring (bicyclic) bond motifs is 3. The Balaban J connectivity index is 2.11. The molecule has 3 rings (SSSR count). The number of carbonyl (C=O) groups excluding carboxylic acids is 1. The molecule has 1 N–H and O–H groups in total. The summed E-state index contributed by atoms with van der Waals surface area (Å²) < 4.78 is 7.22. The molecular weight excluding hydrogens is 278 g/mol. The van der Waals surface area contributed by atoms with Crippen molar-refractivity contribution in [2.24, 2.45) is 0 Å². The van der Waals surface area contributed by atoms with Crippen molar-refractivity contribution in [2.75, 3.05) is 6.61 Å². The molecule has 1 aliphatic rings. The zero-order valence-corrected chi connectivity index (χ0v) is 13.1. The third kappa shape index (κ3) is 2.82. The number of aromatic hydroxyl groups is 1. The van der Waals surface area contributed by atoms with Crippen LogP contribution in [0.25, 0.3) is 10.9 Å². The highest BCUT2D eigenvalue weighted by molar-refractivity contribution is 5.88. The van der Waals surface area contributed by atoms with Gasteiger partial charge in [-0.25, -0.2) is 0 Å². The molecule has 2 aromatic rings. The summed E-state index contributed by atoms with van der Waals surface area (Å²) in [6, 6.07) is 5.43. The van der Waals surface area contributed by atoms with Crippen LogP contribution in [0.1, 0.15) is 43.9 Å². The molecule has 0 spiro atoms. The lowest BCUT2D eigenvalue weighted by Crippen LogP contribution is -2.16. The maximum absolute atomic E-state index is 12.0. The zero-order chi connectivity index (χ0) is 15.5. The second-order valence-electron chi connectivity index (χ2n) is 5.93. The van der Waals surface area contributed by atoms with E-state index in [1.807, 2.05) is 19.1 Å². The van der Waals surface area contributed by atoms with E-state index < -0.39 is 0 Å². The first-order valence-corrected chi connectivity index (χ1v) is 8.19. The molecule has 1 heterocycles. The summed E-state index contributed by atoms with van der Waals surface area (Å²) in [5.74, 6) is 0.0861. The molecule has 4 nitrogen and oxygen atoms in total. The highest BCUT2D eigenvalue weighted by atomic mass is 16.5. The summed E-state index contributed by atoms with van der Waals surface area (Å²) in [5, 5.41) is 10.9. The molecule has 0 amide bonds. The summed E-state index contributed by atoms with van der Waals surface area (Å²) in [5.41, 5.74) is 3.57. The van der Waals surface area contributed by atoms with Crippen molar-refractivity contribution < 1.29 is 14.6 Å². The monoisotopic (exact) mass is 301 g/mol. The fraction of sp³-hybridized carbons (Fsp3) is 0.500. The Kier molecular flexibility index (Phi) is 4.36. The molecule has 1 aromatic heterocycles. The third-order valence-electron chi connectivity index (χ3n) is 4.45. The van der Waals surface area contributed by atoms with Gasteiger partial charge in [0.2, 0.25) is 0 Å². The summed E-state index contributed by atoms with van der Waals surface area (Å²) in [7, 11) is 0. The van der Waals surface area contributed by atoms with Gasteiger partial charge in [0.1, 0.15) is 12.3 Å². The highest BCUT2D eigenvalue weighted by Crippen LogP contribution is 2.33. The van der Waals surface area contributed by atoms with Gasteiger partial charge < -0.3 is 14.4 Å². The Morgan fingerprint density at radius 3 is 2.77 bits per heavy atom. The Labute approximate surface area is 130 Å². The van der Waals surface area contributed by atoms with Gasteiger partial charge in [0, 0.05) is 16.6 Å². The van der Waals surface area contributed by atoms with Crippen LogP contribution in [0.4, 0.5) is 0 Å². The zero-order valence-electron chi connectivity index (χ0n) is 13.1. The van der Waals surface area contributed by atoms with Gasteiger partial charge in [-0.3, -0.25) is 4.79 Å². The van der Waals surface area contributed by atoms with Crippen LogP contribution in [0.2, 0.25) is 0 Å². The van der Waals surface area contributed by atoms with Gasteiger partial charge in [0.05, 0.1) is 6.61 Å². The fourth-order valence-corrected chi connectivity index (χ4v) is 3.49. The van der Waals surface area contributed by atoms with Crippen molar-refractivity contribution >= 4 is 16.9 Å². The maximum Gasteiger partial charge on any atom is 0.325 e. The van der Waals surface area contributed by atoms with Gasteiger partial charge >= 0.3 is 5.97 Å². The van der Waals surface area contributed by atoms with Crippen LogP contribution in [-0.4, -0.2) is 22.2 Å². The van der Waals surface area contributed by atoms with E-state index in [1.54, 1.807) is 6.07 Å². The first kappa shape index (κ1) is 14.9. The number of esters is 1. The van der Waals surface area contributed by atoms with Crippen molar-refractivity contribution in [2.45, 2.75) is 52.0 Å². The molecule has 22 heavy (non-hydrogen) atoms. The van der Waals surface area contributed by atoms with Gasteiger partial charge in [-0.05, 0) is 56.4 Å².